The number of hydrogen-bond donors (Lipinski definition) is 1. The molecule has 0 radical (unpaired) electrons. The molecule has 0 aromatic rings. The lowest BCUT2D eigenvalue weighted by molar-refractivity contribution is -0.137. The molecule has 0 aromatic carbocycles. The second-order valence-corrected chi connectivity index (χ2v) is 5.82. The maximum atomic E-state index is 10.7. The summed E-state index contributed by atoms with van der Waals surface area (Å²) in [6.07, 6.45) is 2.42. The van der Waals surface area contributed by atoms with Crippen molar-refractivity contribution in [2.75, 3.05) is 26.3 Å². The molecule has 0 aromatic heterocycles. The SMILES string of the molecule is CC(C)(C)N(CCC(=O)O)CC1CCOCC1. The van der Waals surface area contributed by atoms with Crippen molar-refractivity contribution in [3.8, 4) is 0 Å². The molecule has 1 saturated heterocycles. The Hall–Kier alpha value is -0.610. The van der Waals surface area contributed by atoms with Gasteiger partial charge in [0.2, 0.25) is 0 Å². The molecule has 1 aliphatic heterocycles. The molecular formula is C13H25NO3. The van der Waals surface area contributed by atoms with E-state index in [2.05, 4.69) is 25.7 Å². The summed E-state index contributed by atoms with van der Waals surface area (Å²) in [5.74, 6) is -0.0667. The first-order valence-corrected chi connectivity index (χ1v) is 6.44. The highest BCUT2D eigenvalue weighted by Gasteiger charge is 2.25. The first-order valence-electron chi connectivity index (χ1n) is 6.44. The minimum absolute atomic E-state index is 0.0355. The lowest BCUT2D eigenvalue weighted by Gasteiger charge is -2.38. The Morgan fingerprint density at radius 2 is 1.94 bits per heavy atom. The Balaban J connectivity index is 2.47. The predicted octanol–water partition coefficient (Wildman–Crippen LogP) is 1.99. The zero-order valence-corrected chi connectivity index (χ0v) is 11.2. The van der Waals surface area contributed by atoms with Crippen molar-refractivity contribution < 1.29 is 14.6 Å². The molecule has 0 amide bonds. The van der Waals surface area contributed by atoms with Crippen LogP contribution in [0, 0.1) is 5.92 Å². The van der Waals surface area contributed by atoms with Crippen LogP contribution in [-0.2, 0) is 9.53 Å². The molecule has 4 nitrogen and oxygen atoms in total. The quantitative estimate of drug-likeness (QED) is 0.802. The highest BCUT2D eigenvalue weighted by atomic mass is 16.5. The highest BCUT2D eigenvalue weighted by Crippen LogP contribution is 2.21. The van der Waals surface area contributed by atoms with Crippen molar-refractivity contribution in [1.82, 2.24) is 4.90 Å². The van der Waals surface area contributed by atoms with E-state index in [0.29, 0.717) is 12.5 Å². The fourth-order valence-electron chi connectivity index (χ4n) is 2.17. The maximum absolute atomic E-state index is 10.7. The van der Waals surface area contributed by atoms with Gasteiger partial charge in [-0.05, 0) is 39.5 Å². The van der Waals surface area contributed by atoms with Gasteiger partial charge in [-0.3, -0.25) is 9.69 Å². The number of hydrogen-bond acceptors (Lipinski definition) is 3. The molecule has 0 atom stereocenters. The summed E-state index contributed by atoms with van der Waals surface area (Å²) in [5, 5.41) is 8.79. The Morgan fingerprint density at radius 3 is 2.41 bits per heavy atom. The van der Waals surface area contributed by atoms with Crippen LogP contribution in [0.4, 0.5) is 0 Å². The van der Waals surface area contributed by atoms with E-state index >= 15 is 0 Å². The van der Waals surface area contributed by atoms with E-state index in [4.69, 9.17) is 9.84 Å². The first-order chi connectivity index (χ1) is 7.89. The maximum Gasteiger partial charge on any atom is 0.304 e. The summed E-state index contributed by atoms with van der Waals surface area (Å²) in [7, 11) is 0. The third-order valence-electron chi connectivity index (χ3n) is 3.36. The van der Waals surface area contributed by atoms with Crippen LogP contribution < -0.4 is 0 Å². The number of rotatable bonds is 5. The van der Waals surface area contributed by atoms with E-state index in [0.717, 1.165) is 32.6 Å². The topological polar surface area (TPSA) is 49.8 Å². The van der Waals surface area contributed by atoms with E-state index in [-0.39, 0.29) is 12.0 Å². The van der Waals surface area contributed by atoms with Crippen molar-refractivity contribution >= 4 is 5.97 Å². The molecule has 0 bridgehead atoms. The van der Waals surface area contributed by atoms with Crippen molar-refractivity contribution in [3.05, 3.63) is 0 Å². The number of nitrogens with zero attached hydrogens (tertiary/aromatic N) is 1. The molecule has 0 saturated carbocycles. The Labute approximate surface area is 104 Å². The van der Waals surface area contributed by atoms with Crippen molar-refractivity contribution in [3.63, 3.8) is 0 Å². The van der Waals surface area contributed by atoms with Crippen LogP contribution in [0.2, 0.25) is 0 Å². The van der Waals surface area contributed by atoms with E-state index in [9.17, 15) is 4.79 Å². The Morgan fingerprint density at radius 1 is 1.35 bits per heavy atom. The molecule has 100 valence electrons. The number of carboxylic acid groups (broad SMARTS) is 1. The van der Waals surface area contributed by atoms with Gasteiger partial charge in [0, 0.05) is 31.8 Å². The van der Waals surface area contributed by atoms with E-state index in [1.165, 1.54) is 0 Å². The Bertz CT molecular complexity index is 242. The number of ether oxygens (including phenoxy) is 1. The summed E-state index contributed by atoms with van der Waals surface area (Å²) in [5.41, 5.74) is 0.0355. The van der Waals surface area contributed by atoms with Crippen LogP contribution >= 0.6 is 0 Å². The summed E-state index contributed by atoms with van der Waals surface area (Å²) in [6, 6.07) is 0. The van der Waals surface area contributed by atoms with Gasteiger partial charge in [-0.1, -0.05) is 0 Å². The summed E-state index contributed by atoms with van der Waals surface area (Å²) in [4.78, 5) is 13.0. The molecule has 1 N–H and O–H groups in total. The van der Waals surface area contributed by atoms with Gasteiger partial charge in [-0.15, -0.1) is 0 Å². The largest absolute Gasteiger partial charge is 0.481 e. The van der Waals surface area contributed by atoms with Gasteiger partial charge >= 0.3 is 5.97 Å². The molecule has 17 heavy (non-hydrogen) atoms. The van der Waals surface area contributed by atoms with Gasteiger partial charge in [0.05, 0.1) is 6.42 Å². The second kappa shape index (κ2) is 6.36. The van der Waals surface area contributed by atoms with Crippen LogP contribution in [-0.4, -0.2) is 47.8 Å². The monoisotopic (exact) mass is 243 g/mol. The third kappa shape index (κ3) is 5.50. The smallest absolute Gasteiger partial charge is 0.304 e. The number of carboxylic acids is 1. The fourth-order valence-corrected chi connectivity index (χ4v) is 2.17. The van der Waals surface area contributed by atoms with E-state index < -0.39 is 5.97 Å². The van der Waals surface area contributed by atoms with Crippen LogP contribution in [0.25, 0.3) is 0 Å². The minimum Gasteiger partial charge on any atom is -0.481 e. The summed E-state index contributed by atoms with van der Waals surface area (Å²) in [6.45, 7) is 9.76. The molecule has 0 aliphatic carbocycles. The van der Waals surface area contributed by atoms with Crippen LogP contribution in [0.15, 0.2) is 0 Å². The van der Waals surface area contributed by atoms with Gasteiger partial charge in [0.1, 0.15) is 0 Å². The Kier molecular flexibility index (Phi) is 5.40. The summed E-state index contributed by atoms with van der Waals surface area (Å²) >= 11 is 0. The van der Waals surface area contributed by atoms with Gasteiger partial charge in [0.15, 0.2) is 0 Å². The molecule has 1 rings (SSSR count). The van der Waals surface area contributed by atoms with Gasteiger partial charge in [-0.25, -0.2) is 0 Å². The zero-order valence-electron chi connectivity index (χ0n) is 11.2. The fraction of sp³-hybridized carbons (Fsp3) is 0.923. The molecule has 0 unspecified atom stereocenters. The zero-order chi connectivity index (χ0) is 12.9. The van der Waals surface area contributed by atoms with Crippen LogP contribution in [0.3, 0.4) is 0 Å². The van der Waals surface area contributed by atoms with Crippen molar-refractivity contribution in [2.24, 2.45) is 5.92 Å². The lowest BCUT2D eigenvalue weighted by Crippen LogP contribution is -2.45. The number of aliphatic carboxylic acids is 1. The highest BCUT2D eigenvalue weighted by molar-refractivity contribution is 5.66. The third-order valence-corrected chi connectivity index (χ3v) is 3.36. The van der Waals surface area contributed by atoms with Gasteiger partial charge < -0.3 is 9.84 Å². The van der Waals surface area contributed by atoms with Crippen LogP contribution in [0.5, 0.6) is 0 Å². The molecule has 0 spiro atoms. The molecule has 4 heteroatoms. The molecular weight excluding hydrogens is 218 g/mol. The van der Waals surface area contributed by atoms with Gasteiger partial charge in [-0.2, -0.15) is 0 Å². The van der Waals surface area contributed by atoms with Crippen molar-refractivity contribution in [1.29, 1.82) is 0 Å². The normalized spacial score (nSPS) is 18.6. The summed E-state index contributed by atoms with van der Waals surface area (Å²) < 4.78 is 5.35. The predicted molar refractivity (Wildman–Crippen MR) is 67.1 cm³/mol. The van der Waals surface area contributed by atoms with Crippen molar-refractivity contribution in [2.45, 2.75) is 45.6 Å². The standard InChI is InChI=1S/C13H25NO3/c1-13(2,3)14(7-4-12(15)16)10-11-5-8-17-9-6-11/h11H,4-10H2,1-3H3,(H,15,16). The minimum atomic E-state index is -0.716. The second-order valence-electron chi connectivity index (χ2n) is 5.82. The molecule has 1 heterocycles. The van der Waals surface area contributed by atoms with Crippen LogP contribution in [0.1, 0.15) is 40.0 Å². The molecule has 1 fully saturated rings. The lowest BCUT2D eigenvalue weighted by atomic mass is 9.96. The van der Waals surface area contributed by atoms with E-state index in [1.54, 1.807) is 0 Å². The average Bonchev–Trinajstić information content (AvgIpc) is 2.23. The first kappa shape index (κ1) is 14.5. The molecule has 1 aliphatic rings. The van der Waals surface area contributed by atoms with Gasteiger partial charge in [0.25, 0.3) is 0 Å². The number of carbonyl (C=O) groups is 1. The van der Waals surface area contributed by atoms with E-state index in [1.807, 2.05) is 0 Å². The average molecular weight is 243 g/mol.